The van der Waals surface area contributed by atoms with Gasteiger partial charge in [0.05, 0.1) is 0 Å². The molecule has 0 amide bonds. The molecule has 0 bridgehead atoms. The summed E-state index contributed by atoms with van der Waals surface area (Å²) in [5, 5.41) is 0. The topological polar surface area (TPSA) is 104 Å². The van der Waals surface area contributed by atoms with Crippen molar-refractivity contribution >= 4 is 37.4 Å². The molecule has 0 unspecified atom stereocenters. The van der Waals surface area contributed by atoms with Gasteiger partial charge in [-0.05, 0) is 13.0 Å². The maximum atomic E-state index is 8.88. The van der Waals surface area contributed by atoms with Crippen LogP contribution in [0, 0.1) is 0 Å². The summed E-state index contributed by atoms with van der Waals surface area (Å²) in [4.78, 5) is 21.6. The molecule has 0 saturated heterocycles. The molecule has 0 radical (unpaired) electrons. The first-order chi connectivity index (χ1) is 4.41. The molecule has 0 aromatic carbocycles. The Morgan fingerprint density at radius 2 is 1.64 bits per heavy atom. The van der Waals surface area contributed by atoms with Crippen LogP contribution in [0.15, 0.2) is 0 Å². The van der Waals surface area contributed by atoms with E-state index in [1.165, 1.54) is 12.8 Å². The first kappa shape index (κ1) is 18.0. The molecular weight excluding hydrogens is 180 g/mol. The Kier molecular flexibility index (Phi) is 18.1. The number of hydrogen-bond donors (Lipinski definition) is 4. The molecule has 0 aliphatic rings. The van der Waals surface area contributed by atoms with Gasteiger partial charge in [-0.2, -0.15) is 0 Å². The molecule has 5 N–H and O–H groups in total. The summed E-state index contributed by atoms with van der Waals surface area (Å²) >= 11 is 0. The molecule has 11 heavy (non-hydrogen) atoms. The standard InChI is InChI=1S/C4H11N.Na.H3O4P.H/c1-2-3-4-5;;1-5(2,3)4;/h2-5H2,1H3;;(H3,1,2,3,4);. The third-order valence-electron chi connectivity index (χ3n) is 0.558. The van der Waals surface area contributed by atoms with Crippen molar-refractivity contribution in [3.8, 4) is 0 Å². The third kappa shape index (κ3) is 96.6. The molecule has 0 heterocycles. The Labute approximate surface area is 88.5 Å². The van der Waals surface area contributed by atoms with Crippen LogP contribution < -0.4 is 5.73 Å². The number of hydrogen-bond acceptors (Lipinski definition) is 2. The van der Waals surface area contributed by atoms with E-state index in [9.17, 15) is 0 Å². The van der Waals surface area contributed by atoms with Crippen molar-refractivity contribution in [3.05, 3.63) is 0 Å². The van der Waals surface area contributed by atoms with Crippen LogP contribution in [0.5, 0.6) is 0 Å². The Morgan fingerprint density at radius 3 is 1.64 bits per heavy atom. The number of unbranched alkanes of at least 4 members (excludes halogenated alkanes) is 1. The zero-order valence-electron chi connectivity index (χ0n) is 5.90. The van der Waals surface area contributed by atoms with Gasteiger partial charge in [-0.1, -0.05) is 13.3 Å². The van der Waals surface area contributed by atoms with Crippen LogP contribution in [0.3, 0.4) is 0 Å². The Bertz CT molecular complexity index is 96.0. The normalized spacial score (nSPS) is 9.18. The van der Waals surface area contributed by atoms with Crippen LogP contribution in [0.2, 0.25) is 0 Å². The minimum absolute atomic E-state index is 0. The van der Waals surface area contributed by atoms with Crippen LogP contribution >= 0.6 is 7.82 Å². The van der Waals surface area contributed by atoms with Crippen LogP contribution in [0.25, 0.3) is 0 Å². The summed E-state index contributed by atoms with van der Waals surface area (Å²) in [5.74, 6) is 0. The molecule has 0 aromatic heterocycles. The van der Waals surface area contributed by atoms with Gasteiger partial charge in [-0.15, -0.1) is 0 Å². The van der Waals surface area contributed by atoms with E-state index in [0.717, 1.165) is 6.54 Å². The monoisotopic (exact) mass is 195 g/mol. The summed E-state index contributed by atoms with van der Waals surface area (Å²) in [6, 6.07) is 0. The van der Waals surface area contributed by atoms with Gasteiger partial charge in [-0.3, -0.25) is 0 Å². The Morgan fingerprint density at radius 1 is 1.36 bits per heavy atom. The van der Waals surface area contributed by atoms with Gasteiger partial charge in [0, 0.05) is 0 Å². The first-order valence-electron chi connectivity index (χ1n) is 2.90. The van der Waals surface area contributed by atoms with Crippen molar-refractivity contribution in [2.45, 2.75) is 19.8 Å². The molecule has 0 aliphatic heterocycles. The molecular formula is C4H15NNaO4P. The fourth-order valence-electron chi connectivity index (χ4n) is 0.204. The quantitative estimate of drug-likeness (QED) is 0.340. The van der Waals surface area contributed by atoms with E-state index in [1.54, 1.807) is 0 Å². The average molecular weight is 195 g/mol. The van der Waals surface area contributed by atoms with E-state index >= 15 is 0 Å². The zero-order chi connectivity index (χ0) is 8.62. The van der Waals surface area contributed by atoms with Crippen molar-refractivity contribution in [1.82, 2.24) is 0 Å². The molecule has 0 saturated carbocycles. The molecule has 0 aromatic rings. The van der Waals surface area contributed by atoms with Crippen LogP contribution in [0.1, 0.15) is 19.8 Å². The van der Waals surface area contributed by atoms with Crippen molar-refractivity contribution in [1.29, 1.82) is 0 Å². The van der Waals surface area contributed by atoms with E-state index < -0.39 is 7.82 Å². The molecule has 7 heteroatoms. The van der Waals surface area contributed by atoms with Crippen LogP contribution in [-0.2, 0) is 4.57 Å². The van der Waals surface area contributed by atoms with E-state index in [-0.39, 0.29) is 29.6 Å². The molecule has 0 aliphatic carbocycles. The molecule has 66 valence electrons. The number of nitrogens with two attached hydrogens (primary N) is 1. The molecule has 0 fully saturated rings. The van der Waals surface area contributed by atoms with Gasteiger partial charge in [0.25, 0.3) is 0 Å². The van der Waals surface area contributed by atoms with E-state index in [4.69, 9.17) is 25.0 Å². The molecule has 0 spiro atoms. The summed E-state index contributed by atoms with van der Waals surface area (Å²) in [5.41, 5.74) is 5.14. The number of phosphoric acid groups is 1. The predicted octanol–water partition coefficient (Wildman–Crippen LogP) is -0.832. The second kappa shape index (κ2) is 11.1. The summed E-state index contributed by atoms with van der Waals surface area (Å²) in [6.07, 6.45) is 2.39. The molecule has 0 atom stereocenters. The van der Waals surface area contributed by atoms with Crippen LogP contribution in [0.4, 0.5) is 0 Å². The fraction of sp³-hybridized carbons (Fsp3) is 1.00. The fourth-order valence-corrected chi connectivity index (χ4v) is 0.204. The molecule has 0 rings (SSSR count). The van der Waals surface area contributed by atoms with E-state index in [1.807, 2.05) is 0 Å². The summed E-state index contributed by atoms with van der Waals surface area (Å²) in [7, 11) is -4.64. The second-order valence-corrected chi connectivity index (χ2v) is 2.68. The van der Waals surface area contributed by atoms with Gasteiger partial charge >= 0.3 is 37.4 Å². The summed E-state index contributed by atoms with van der Waals surface area (Å²) in [6.45, 7) is 2.98. The van der Waals surface area contributed by atoms with Crippen molar-refractivity contribution in [3.63, 3.8) is 0 Å². The SMILES string of the molecule is CCCCN.O=P(O)(O)O.[NaH]. The average Bonchev–Trinajstić information content (AvgIpc) is 1.63. The maximum absolute atomic E-state index is 8.88. The second-order valence-electron chi connectivity index (χ2n) is 1.66. The van der Waals surface area contributed by atoms with Gasteiger partial charge in [0.1, 0.15) is 0 Å². The van der Waals surface area contributed by atoms with Crippen molar-refractivity contribution < 1.29 is 19.2 Å². The predicted molar refractivity (Wildman–Crippen MR) is 45.4 cm³/mol. The van der Waals surface area contributed by atoms with Gasteiger partial charge < -0.3 is 20.4 Å². The molecule has 5 nitrogen and oxygen atoms in total. The van der Waals surface area contributed by atoms with Gasteiger partial charge in [0.2, 0.25) is 0 Å². The first-order valence-corrected chi connectivity index (χ1v) is 4.46. The number of rotatable bonds is 2. The Hall–Kier alpha value is 1.07. The summed E-state index contributed by atoms with van der Waals surface area (Å²) < 4.78 is 8.88. The van der Waals surface area contributed by atoms with Gasteiger partial charge in [0.15, 0.2) is 0 Å². The van der Waals surface area contributed by atoms with Gasteiger partial charge in [-0.25, -0.2) is 4.57 Å². The minimum atomic E-state index is -4.64. The Balaban J connectivity index is -0.000000107. The van der Waals surface area contributed by atoms with E-state index in [2.05, 4.69) is 6.92 Å². The van der Waals surface area contributed by atoms with E-state index in [0.29, 0.717) is 0 Å². The van der Waals surface area contributed by atoms with Crippen LogP contribution in [-0.4, -0.2) is 50.8 Å². The van der Waals surface area contributed by atoms with Crippen molar-refractivity contribution in [2.75, 3.05) is 6.54 Å². The third-order valence-corrected chi connectivity index (χ3v) is 0.558. The van der Waals surface area contributed by atoms with Crippen molar-refractivity contribution in [2.24, 2.45) is 5.73 Å². The zero-order valence-corrected chi connectivity index (χ0v) is 6.79.